The lowest BCUT2D eigenvalue weighted by molar-refractivity contribution is -0.384. The maximum absolute atomic E-state index is 12.5. The molecule has 1 atom stereocenters. The number of carbonyl (C=O) groups excluding carboxylic acids is 1. The second-order valence-corrected chi connectivity index (χ2v) is 8.15. The Balaban J connectivity index is 1.59. The van der Waals surface area contributed by atoms with E-state index in [1.165, 1.54) is 56.8 Å². The Hall–Kier alpha value is -2.81. The highest BCUT2D eigenvalue weighted by Gasteiger charge is 2.22. The molecule has 160 valence electrons. The third-order valence-corrected chi connectivity index (χ3v) is 6.00. The number of amides is 1. The summed E-state index contributed by atoms with van der Waals surface area (Å²) in [6.07, 6.45) is 11.1. The molecule has 0 aliphatic heterocycles. The number of imidazole rings is 1. The number of hydrogen-bond acceptors (Lipinski definition) is 5. The summed E-state index contributed by atoms with van der Waals surface area (Å²) in [5, 5.41) is 17.0. The first-order valence-corrected chi connectivity index (χ1v) is 10.7. The summed E-state index contributed by atoms with van der Waals surface area (Å²) in [6, 6.07) is 6.07. The number of rotatable bonds is 9. The van der Waals surface area contributed by atoms with Gasteiger partial charge in [0.2, 0.25) is 0 Å². The van der Waals surface area contributed by atoms with Gasteiger partial charge in [-0.1, -0.05) is 56.5 Å². The van der Waals surface area contributed by atoms with E-state index in [0.29, 0.717) is 23.1 Å². The molecule has 0 saturated heterocycles. The number of thiocarbonyl (C=S) groups is 1. The molecule has 30 heavy (non-hydrogen) atoms. The van der Waals surface area contributed by atoms with Gasteiger partial charge in [-0.25, -0.2) is 4.98 Å². The highest BCUT2D eigenvalue weighted by atomic mass is 32.1. The molecule has 1 amide bonds. The van der Waals surface area contributed by atoms with Crippen LogP contribution in [0.15, 0.2) is 36.8 Å². The molecule has 0 radical (unpaired) electrons. The lowest BCUT2D eigenvalue weighted by atomic mass is 9.85. The van der Waals surface area contributed by atoms with Gasteiger partial charge in [-0.15, -0.1) is 0 Å². The summed E-state index contributed by atoms with van der Waals surface area (Å²) in [5.41, 5.74) is 1.34. The predicted molar refractivity (Wildman–Crippen MR) is 118 cm³/mol. The number of nitrogens with one attached hydrogen (secondary N) is 3. The fourth-order valence-corrected chi connectivity index (χ4v) is 4.06. The summed E-state index contributed by atoms with van der Waals surface area (Å²) < 4.78 is 0. The van der Waals surface area contributed by atoms with Crippen LogP contribution in [0, 0.1) is 16.0 Å². The maximum atomic E-state index is 12.5. The minimum Gasteiger partial charge on any atom is -0.374 e. The van der Waals surface area contributed by atoms with Crippen LogP contribution in [0.5, 0.6) is 0 Å². The lowest BCUT2D eigenvalue weighted by Crippen LogP contribution is -2.45. The van der Waals surface area contributed by atoms with Gasteiger partial charge in [0.15, 0.2) is 0 Å². The number of carbonyl (C=O) groups is 1. The van der Waals surface area contributed by atoms with Crippen LogP contribution in [0.4, 0.5) is 5.69 Å². The first-order chi connectivity index (χ1) is 14.5. The largest absolute Gasteiger partial charge is 0.374 e. The molecule has 2 aromatic rings. The van der Waals surface area contributed by atoms with Crippen molar-refractivity contribution in [3.05, 3.63) is 58.2 Å². The van der Waals surface area contributed by atoms with Gasteiger partial charge in [0.05, 0.1) is 28.5 Å². The molecule has 8 nitrogen and oxygen atoms in total. The van der Waals surface area contributed by atoms with E-state index in [1.807, 2.05) is 0 Å². The van der Waals surface area contributed by atoms with E-state index in [9.17, 15) is 14.9 Å². The Kier molecular flexibility index (Phi) is 7.89. The van der Waals surface area contributed by atoms with Crippen LogP contribution in [0.2, 0.25) is 0 Å². The summed E-state index contributed by atoms with van der Waals surface area (Å²) in [5.74, 6) is 0.448. The van der Waals surface area contributed by atoms with Gasteiger partial charge in [-0.2, -0.15) is 0 Å². The molecule has 3 N–H and O–H groups in total. The summed E-state index contributed by atoms with van der Waals surface area (Å²) in [7, 11) is 0. The van der Waals surface area contributed by atoms with Crippen LogP contribution in [-0.4, -0.2) is 31.8 Å². The van der Waals surface area contributed by atoms with Crippen LogP contribution in [0.25, 0.3) is 0 Å². The SMILES string of the molecule is O=C(N[C@H](CCC1CCCCC1)C(=S)NCc1ccc([N+](=O)[O-])cc1)c1cnc[nH]1. The number of aromatic amines is 1. The van der Waals surface area contributed by atoms with Gasteiger partial charge in [-0.05, 0) is 24.3 Å². The molecule has 1 saturated carbocycles. The van der Waals surface area contributed by atoms with Crippen molar-refractivity contribution in [2.45, 2.75) is 57.5 Å². The molecule has 1 aliphatic rings. The van der Waals surface area contributed by atoms with Gasteiger partial charge < -0.3 is 15.6 Å². The lowest BCUT2D eigenvalue weighted by Gasteiger charge is -2.25. The summed E-state index contributed by atoms with van der Waals surface area (Å²) in [6.45, 7) is 0.441. The van der Waals surface area contributed by atoms with Crippen LogP contribution in [-0.2, 0) is 6.54 Å². The van der Waals surface area contributed by atoms with Crippen molar-refractivity contribution in [2.75, 3.05) is 0 Å². The van der Waals surface area contributed by atoms with Crippen LogP contribution >= 0.6 is 12.2 Å². The molecule has 0 spiro atoms. The number of nitrogens with zero attached hydrogens (tertiary/aromatic N) is 2. The molecule has 9 heteroatoms. The summed E-state index contributed by atoms with van der Waals surface area (Å²) >= 11 is 5.60. The quantitative estimate of drug-likeness (QED) is 0.317. The molecule has 3 rings (SSSR count). The van der Waals surface area contributed by atoms with E-state index in [2.05, 4.69) is 20.6 Å². The number of nitro benzene ring substituents is 1. The average molecular weight is 430 g/mol. The molecule has 1 aromatic heterocycles. The zero-order valence-corrected chi connectivity index (χ0v) is 17.6. The molecule has 0 bridgehead atoms. The van der Waals surface area contributed by atoms with Crippen molar-refractivity contribution in [2.24, 2.45) is 5.92 Å². The number of H-pyrrole nitrogens is 1. The Bertz CT molecular complexity index is 848. The number of nitro groups is 1. The smallest absolute Gasteiger partial charge is 0.269 e. The number of aromatic nitrogens is 2. The topological polar surface area (TPSA) is 113 Å². The van der Waals surface area contributed by atoms with E-state index in [4.69, 9.17) is 12.2 Å². The van der Waals surface area contributed by atoms with E-state index in [1.54, 1.807) is 12.1 Å². The molecule has 1 aromatic carbocycles. The maximum Gasteiger partial charge on any atom is 0.269 e. The van der Waals surface area contributed by atoms with Gasteiger partial charge in [0, 0.05) is 18.7 Å². The zero-order valence-electron chi connectivity index (χ0n) is 16.8. The van der Waals surface area contributed by atoms with Crippen molar-refractivity contribution < 1.29 is 9.72 Å². The Morgan fingerprint density at radius 2 is 2.00 bits per heavy atom. The molecule has 1 aliphatic carbocycles. The number of benzene rings is 1. The third kappa shape index (κ3) is 6.35. The molecular weight excluding hydrogens is 402 g/mol. The first-order valence-electron chi connectivity index (χ1n) is 10.3. The van der Waals surface area contributed by atoms with Crippen molar-refractivity contribution >= 4 is 28.8 Å². The molecule has 0 unspecified atom stereocenters. The highest BCUT2D eigenvalue weighted by molar-refractivity contribution is 7.80. The van der Waals surface area contributed by atoms with E-state index < -0.39 is 4.92 Å². The standard InChI is InChI=1S/C21H27N5O3S/c27-20(19-13-22-14-24-19)25-18(11-8-15-4-2-1-3-5-15)21(30)23-12-16-6-9-17(10-7-16)26(28)29/h6-7,9-10,13-15,18H,1-5,8,11-12H2,(H,22,24)(H,23,30)(H,25,27)/t18-/m1/s1. The van der Waals surface area contributed by atoms with Crippen molar-refractivity contribution in [3.8, 4) is 0 Å². The first kappa shape index (κ1) is 21.9. The van der Waals surface area contributed by atoms with Crippen molar-refractivity contribution in [3.63, 3.8) is 0 Å². The van der Waals surface area contributed by atoms with E-state index in [-0.39, 0.29) is 17.6 Å². The second-order valence-electron chi connectivity index (χ2n) is 7.71. The second kappa shape index (κ2) is 10.8. The fourth-order valence-electron chi connectivity index (χ4n) is 3.81. The van der Waals surface area contributed by atoms with Crippen LogP contribution in [0.1, 0.15) is 61.0 Å². The van der Waals surface area contributed by atoms with Crippen LogP contribution in [0.3, 0.4) is 0 Å². The molecule has 1 heterocycles. The Labute approximate surface area is 181 Å². The van der Waals surface area contributed by atoms with Gasteiger partial charge >= 0.3 is 0 Å². The number of non-ortho nitro benzene ring substituents is 1. The highest BCUT2D eigenvalue weighted by Crippen LogP contribution is 2.28. The predicted octanol–water partition coefficient (Wildman–Crippen LogP) is 3.89. The summed E-state index contributed by atoms with van der Waals surface area (Å²) in [4.78, 5) is 30.2. The normalized spacial score (nSPS) is 15.3. The minimum atomic E-state index is -0.422. The van der Waals surface area contributed by atoms with Crippen molar-refractivity contribution in [1.29, 1.82) is 0 Å². The molecular formula is C21H27N5O3S. The van der Waals surface area contributed by atoms with Crippen LogP contribution < -0.4 is 10.6 Å². The average Bonchev–Trinajstić information content (AvgIpc) is 3.31. The van der Waals surface area contributed by atoms with Gasteiger partial charge in [-0.3, -0.25) is 14.9 Å². The Morgan fingerprint density at radius 3 is 2.63 bits per heavy atom. The van der Waals surface area contributed by atoms with E-state index in [0.717, 1.165) is 18.4 Å². The third-order valence-electron chi connectivity index (χ3n) is 5.57. The van der Waals surface area contributed by atoms with Gasteiger partial charge in [0.25, 0.3) is 11.6 Å². The van der Waals surface area contributed by atoms with Gasteiger partial charge in [0.1, 0.15) is 5.69 Å². The zero-order chi connectivity index (χ0) is 21.3. The monoisotopic (exact) mass is 429 g/mol. The van der Waals surface area contributed by atoms with E-state index >= 15 is 0 Å². The van der Waals surface area contributed by atoms with Crippen molar-refractivity contribution in [1.82, 2.24) is 20.6 Å². The molecule has 1 fully saturated rings. The minimum absolute atomic E-state index is 0.0542. The number of hydrogen-bond donors (Lipinski definition) is 3. The Morgan fingerprint density at radius 1 is 1.27 bits per heavy atom. The fraction of sp³-hybridized carbons (Fsp3) is 0.476.